The van der Waals surface area contributed by atoms with Crippen LogP contribution in [-0.2, 0) is 4.74 Å². The second kappa shape index (κ2) is 1.25. The Morgan fingerprint density at radius 1 is 1.38 bits per heavy atom. The summed E-state index contributed by atoms with van der Waals surface area (Å²) in [6, 6.07) is 0. The Morgan fingerprint density at radius 2 is 1.75 bits per heavy atom. The fraction of sp³-hybridized carbons (Fsp3) is 1.00. The van der Waals surface area contributed by atoms with Gasteiger partial charge >= 0.3 is 0 Å². The summed E-state index contributed by atoms with van der Waals surface area (Å²) in [5, 5.41) is 8.68. The smallest absolute Gasteiger partial charge is 0.117 e. The molecule has 8 heavy (non-hydrogen) atoms. The Hall–Kier alpha value is -0.0800. The molecule has 1 aliphatic heterocycles. The van der Waals surface area contributed by atoms with Crippen LogP contribution in [0.3, 0.4) is 0 Å². The highest BCUT2D eigenvalue weighted by Crippen LogP contribution is 2.46. The van der Waals surface area contributed by atoms with Crippen molar-refractivity contribution in [2.24, 2.45) is 0 Å². The van der Waals surface area contributed by atoms with Crippen molar-refractivity contribution in [2.75, 3.05) is 6.61 Å². The maximum absolute atomic E-state index is 8.68. The van der Waals surface area contributed by atoms with Crippen LogP contribution in [0, 0.1) is 0 Å². The van der Waals surface area contributed by atoms with Gasteiger partial charge in [0.2, 0.25) is 0 Å². The minimum absolute atomic E-state index is 0.0955. The average molecular weight is 116 g/mol. The molecule has 0 aliphatic carbocycles. The van der Waals surface area contributed by atoms with Crippen molar-refractivity contribution >= 4 is 0 Å². The molecule has 0 aromatic carbocycles. The zero-order chi connectivity index (χ0) is 6.41. The maximum atomic E-state index is 8.68. The van der Waals surface area contributed by atoms with Crippen LogP contribution in [0.5, 0.6) is 0 Å². The van der Waals surface area contributed by atoms with E-state index in [0.717, 1.165) is 0 Å². The Bertz CT molecular complexity index is 109. The molecular formula is C6H12O2. The van der Waals surface area contributed by atoms with Gasteiger partial charge in [-0.05, 0) is 20.8 Å². The van der Waals surface area contributed by atoms with Crippen molar-refractivity contribution in [3.63, 3.8) is 0 Å². The molecule has 1 N–H and O–H groups in total. The van der Waals surface area contributed by atoms with Gasteiger partial charge < -0.3 is 9.84 Å². The summed E-state index contributed by atoms with van der Waals surface area (Å²) in [4.78, 5) is 0. The Kier molecular flexibility index (Phi) is 0.946. The molecule has 1 atom stereocenters. The third-order valence-electron chi connectivity index (χ3n) is 2.01. The van der Waals surface area contributed by atoms with Crippen molar-refractivity contribution in [3.8, 4) is 0 Å². The molecule has 0 aromatic rings. The second-order valence-electron chi connectivity index (χ2n) is 3.00. The summed E-state index contributed by atoms with van der Waals surface area (Å²) in [5.74, 6) is 0. The van der Waals surface area contributed by atoms with Crippen LogP contribution in [0.2, 0.25) is 0 Å². The number of aliphatic hydroxyl groups excluding tert-OH is 1. The zero-order valence-corrected chi connectivity index (χ0v) is 5.56. The molecule has 0 saturated carbocycles. The largest absolute Gasteiger partial charge is 0.393 e. The molecule has 0 radical (unpaired) electrons. The van der Waals surface area contributed by atoms with Crippen LogP contribution in [0.4, 0.5) is 0 Å². The van der Waals surface area contributed by atoms with Gasteiger partial charge in [-0.3, -0.25) is 0 Å². The summed E-state index contributed by atoms with van der Waals surface area (Å²) in [6.45, 7) is 5.99. The number of hydrogen-bond donors (Lipinski definition) is 1. The van der Waals surface area contributed by atoms with Gasteiger partial charge in [0.05, 0.1) is 12.2 Å². The van der Waals surface area contributed by atoms with Gasteiger partial charge in [-0.2, -0.15) is 0 Å². The molecule has 0 bridgehead atoms. The van der Waals surface area contributed by atoms with E-state index in [1.165, 1.54) is 0 Å². The number of aliphatic hydroxyl groups is 1. The fourth-order valence-corrected chi connectivity index (χ4v) is 0.760. The van der Waals surface area contributed by atoms with Gasteiger partial charge in [0.25, 0.3) is 0 Å². The van der Waals surface area contributed by atoms with Crippen molar-refractivity contribution < 1.29 is 9.84 Å². The van der Waals surface area contributed by atoms with Crippen molar-refractivity contribution in [2.45, 2.75) is 32.0 Å². The first-order chi connectivity index (χ1) is 3.52. The minimum atomic E-state index is -0.257. The highest BCUT2D eigenvalue weighted by atomic mass is 16.6. The van der Waals surface area contributed by atoms with E-state index in [2.05, 4.69) is 0 Å². The fourth-order valence-electron chi connectivity index (χ4n) is 0.760. The van der Waals surface area contributed by atoms with Crippen LogP contribution in [0.1, 0.15) is 20.8 Å². The molecule has 1 fully saturated rings. The molecule has 1 rings (SSSR count). The van der Waals surface area contributed by atoms with E-state index < -0.39 is 0 Å². The molecule has 1 saturated heterocycles. The zero-order valence-electron chi connectivity index (χ0n) is 5.56. The van der Waals surface area contributed by atoms with E-state index in [1.807, 2.05) is 20.8 Å². The molecule has 2 nitrogen and oxygen atoms in total. The van der Waals surface area contributed by atoms with Gasteiger partial charge in [0.15, 0.2) is 0 Å². The third-order valence-corrected chi connectivity index (χ3v) is 2.01. The van der Waals surface area contributed by atoms with E-state index in [1.54, 1.807) is 0 Å². The predicted molar refractivity (Wildman–Crippen MR) is 30.7 cm³/mol. The van der Waals surface area contributed by atoms with Crippen molar-refractivity contribution in [3.05, 3.63) is 0 Å². The molecule has 0 spiro atoms. The molecule has 1 aliphatic rings. The molecule has 0 aromatic heterocycles. The summed E-state index contributed by atoms with van der Waals surface area (Å²) in [7, 11) is 0. The van der Waals surface area contributed by atoms with Gasteiger partial charge in [-0.25, -0.2) is 0 Å². The van der Waals surface area contributed by atoms with Crippen LogP contribution < -0.4 is 0 Å². The lowest BCUT2D eigenvalue weighted by atomic mass is 10.00. The lowest BCUT2D eigenvalue weighted by Gasteiger charge is -2.00. The second-order valence-corrected chi connectivity index (χ2v) is 3.00. The van der Waals surface area contributed by atoms with Gasteiger partial charge in [0.1, 0.15) is 5.60 Å². The molecule has 48 valence electrons. The first kappa shape index (κ1) is 6.05. The summed E-state index contributed by atoms with van der Waals surface area (Å²) >= 11 is 0. The summed E-state index contributed by atoms with van der Waals surface area (Å²) < 4.78 is 5.19. The lowest BCUT2D eigenvalue weighted by Crippen LogP contribution is -2.20. The summed E-state index contributed by atoms with van der Waals surface area (Å²) in [5.41, 5.74) is -0.352. The van der Waals surface area contributed by atoms with Gasteiger partial charge in [-0.1, -0.05) is 0 Å². The quantitative estimate of drug-likeness (QED) is 0.507. The van der Waals surface area contributed by atoms with E-state index in [-0.39, 0.29) is 17.8 Å². The van der Waals surface area contributed by atoms with Crippen LogP contribution in [0.15, 0.2) is 0 Å². The lowest BCUT2D eigenvalue weighted by molar-refractivity contribution is 0.183. The van der Waals surface area contributed by atoms with E-state index >= 15 is 0 Å². The van der Waals surface area contributed by atoms with Crippen LogP contribution in [0.25, 0.3) is 0 Å². The highest BCUT2D eigenvalue weighted by Gasteiger charge is 2.59. The normalized spacial score (nSPS) is 42.0. The molecule has 1 heterocycles. The maximum Gasteiger partial charge on any atom is 0.117 e. The average Bonchev–Trinajstić information content (AvgIpc) is 2.10. The van der Waals surface area contributed by atoms with Gasteiger partial charge in [-0.15, -0.1) is 0 Å². The predicted octanol–water partition coefficient (Wildman–Crippen LogP) is 0.546. The van der Waals surface area contributed by atoms with Crippen molar-refractivity contribution in [1.82, 2.24) is 0 Å². The Balaban J connectivity index is 2.55. The topological polar surface area (TPSA) is 32.8 Å². The number of hydrogen-bond acceptors (Lipinski definition) is 2. The van der Waals surface area contributed by atoms with E-state index in [4.69, 9.17) is 9.84 Å². The monoisotopic (exact) mass is 116 g/mol. The molecule has 0 unspecified atom stereocenters. The number of ether oxygens (including phenoxy) is 1. The Labute approximate surface area is 49.5 Å². The molecular weight excluding hydrogens is 104 g/mol. The number of rotatable bonds is 1. The minimum Gasteiger partial charge on any atom is -0.393 e. The van der Waals surface area contributed by atoms with E-state index in [9.17, 15) is 0 Å². The van der Waals surface area contributed by atoms with Crippen LogP contribution >= 0.6 is 0 Å². The summed E-state index contributed by atoms with van der Waals surface area (Å²) in [6.07, 6.45) is 0. The SMILES string of the molecule is CC1(C)O[C@@]1(C)CO. The number of epoxide rings is 1. The first-order valence-corrected chi connectivity index (χ1v) is 2.83. The standard InChI is InChI=1S/C6H12O2/c1-5(2)6(3,4-7)8-5/h7H,4H2,1-3H3/t6-/m0/s1. The highest BCUT2D eigenvalue weighted by molar-refractivity contribution is 5.06. The van der Waals surface area contributed by atoms with Gasteiger partial charge in [0, 0.05) is 0 Å². The van der Waals surface area contributed by atoms with E-state index in [0.29, 0.717) is 0 Å². The molecule has 2 heteroatoms. The molecule has 0 amide bonds. The first-order valence-electron chi connectivity index (χ1n) is 2.83. The van der Waals surface area contributed by atoms with Crippen LogP contribution in [-0.4, -0.2) is 22.9 Å². The third kappa shape index (κ3) is 0.565. The Morgan fingerprint density at radius 3 is 1.75 bits per heavy atom. The van der Waals surface area contributed by atoms with Crippen molar-refractivity contribution in [1.29, 1.82) is 0 Å².